The van der Waals surface area contributed by atoms with E-state index in [0.29, 0.717) is 18.1 Å². The summed E-state index contributed by atoms with van der Waals surface area (Å²) in [7, 11) is 2.15. The lowest BCUT2D eigenvalue weighted by Gasteiger charge is -2.28. The van der Waals surface area contributed by atoms with Crippen LogP contribution >= 0.6 is 0 Å². The van der Waals surface area contributed by atoms with Crippen LogP contribution in [0.5, 0.6) is 0 Å². The average Bonchev–Trinajstić information content (AvgIpc) is 2.78. The number of nitrogens with two attached hydrogens (primary N) is 1. The van der Waals surface area contributed by atoms with Gasteiger partial charge in [0.1, 0.15) is 11.5 Å². The van der Waals surface area contributed by atoms with Crippen molar-refractivity contribution >= 4 is 11.7 Å². The van der Waals surface area contributed by atoms with Crippen LogP contribution in [0.15, 0.2) is 6.07 Å². The highest BCUT2D eigenvalue weighted by Crippen LogP contribution is 2.18. The van der Waals surface area contributed by atoms with E-state index < -0.39 is 0 Å². The van der Waals surface area contributed by atoms with Gasteiger partial charge in [0.05, 0.1) is 0 Å². The second-order valence-electron chi connectivity index (χ2n) is 5.00. The van der Waals surface area contributed by atoms with Crippen molar-refractivity contribution in [2.24, 2.45) is 5.92 Å². The number of piperidine rings is 1. The molecule has 0 spiro atoms. The number of carbonyl (C=O) groups is 1. The van der Waals surface area contributed by atoms with Gasteiger partial charge in [0.15, 0.2) is 0 Å². The topological polar surface area (TPSA) is 87.0 Å². The molecule has 1 aromatic heterocycles. The van der Waals surface area contributed by atoms with Gasteiger partial charge in [-0.05, 0) is 45.3 Å². The normalized spacial score (nSPS) is 17.8. The second-order valence-corrected chi connectivity index (χ2v) is 5.00. The fraction of sp³-hybridized carbons (Fsp3) is 0.667. The number of carbonyl (C=O) groups excluding carboxylic acids is 1. The van der Waals surface area contributed by atoms with E-state index in [0.717, 1.165) is 25.4 Å². The third-order valence-corrected chi connectivity index (χ3v) is 3.52. The van der Waals surface area contributed by atoms with Gasteiger partial charge in [0.2, 0.25) is 0 Å². The van der Waals surface area contributed by atoms with Crippen molar-refractivity contribution in [3.05, 3.63) is 11.8 Å². The first-order chi connectivity index (χ1) is 8.65. The Morgan fingerprint density at radius 2 is 2.33 bits per heavy atom. The fourth-order valence-electron chi connectivity index (χ4n) is 2.29. The van der Waals surface area contributed by atoms with E-state index in [-0.39, 0.29) is 5.91 Å². The third kappa shape index (κ3) is 3.46. The van der Waals surface area contributed by atoms with Gasteiger partial charge in [-0.1, -0.05) is 0 Å². The van der Waals surface area contributed by atoms with Crippen LogP contribution in [-0.2, 0) is 0 Å². The van der Waals surface area contributed by atoms with E-state index in [9.17, 15) is 4.79 Å². The summed E-state index contributed by atoms with van der Waals surface area (Å²) >= 11 is 0. The quantitative estimate of drug-likeness (QED) is 0.725. The molecule has 0 saturated carbocycles. The monoisotopic (exact) mass is 251 g/mol. The third-order valence-electron chi connectivity index (χ3n) is 3.52. The number of nitrogen functional groups attached to an aromatic ring is 1. The van der Waals surface area contributed by atoms with Crippen LogP contribution in [0.25, 0.3) is 0 Å². The molecule has 1 saturated heterocycles. The molecule has 2 heterocycles. The van der Waals surface area contributed by atoms with Gasteiger partial charge in [0, 0.05) is 12.6 Å². The number of H-pyrrole nitrogens is 1. The number of aromatic nitrogens is 2. The summed E-state index contributed by atoms with van der Waals surface area (Å²) in [5, 5.41) is 9.23. The van der Waals surface area contributed by atoms with Gasteiger partial charge in [0.25, 0.3) is 5.91 Å². The van der Waals surface area contributed by atoms with Crippen LogP contribution in [0.4, 0.5) is 5.82 Å². The molecule has 6 heteroatoms. The lowest BCUT2D eigenvalue weighted by atomic mass is 9.94. The van der Waals surface area contributed by atoms with Gasteiger partial charge in [-0.25, -0.2) is 0 Å². The van der Waals surface area contributed by atoms with E-state index >= 15 is 0 Å². The van der Waals surface area contributed by atoms with Gasteiger partial charge in [-0.3, -0.25) is 9.89 Å². The molecule has 0 atom stereocenters. The Morgan fingerprint density at radius 3 is 2.94 bits per heavy atom. The SMILES string of the molecule is CN1CCC(CCNC(=O)c2cc(N)n[nH]2)CC1. The van der Waals surface area contributed by atoms with Crippen LogP contribution in [0.1, 0.15) is 29.8 Å². The zero-order chi connectivity index (χ0) is 13.0. The van der Waals surface area contributed by atoms with Crippen LogP contribution in [-0.4, -0.2) is 47.7 Å². The lowest BCUT2D eigenvalue weighted by Crippen LogP contribution is -2.32. The number of nitrogens with zero attached hydrogens (tertiary/aromatic N) is 2. The maximum atomic E-state index is 11.7. The second kappa shape index (κ2) is 5.86. The largest absolute Gasteiger partial charge is 0.382 e. The number of amides is 1. The maximum Gasteiger partial charge on any atom is 0.269 e. The Balaban J connectivity index is 1.67. The summed E-state index contributed by atoms with van der Waals surface area (Å²) in [4.78, 5) is 14.1. The molecule has 100 valence electrons. The van der Waals surface area contributed by atoms with Gasteiger partial charge >= 0.3 is 0 Å². The molecular weight excluding hydrogens is 230 g/mol. The number of anilines is 1. The van der Waals surface area contributed by atoms with Crippen molar-refractivity contribution in [3.8, 4) is 0 Å². The molecule has 4 N–H and O–H groups in total. The van der Waals surface area contributed by atoms with E-state index in [4.69, 9.17) is 5.73 Å². The molecule has 1 aliphatic rings. The number of aromatic amines is 1. The molecule has 0 unspecified atom stereocenters. The Morgan fingerprint density at radius 1 is 1.61 bits per heavy atom. The first-order valence-electron chi connectivity index (χ1n) is 6.43. The van der Waals surface area contributed by atoms with E-state index in [1.54, 1.807) is 6.07 Å². The van der Waals surface area contributed by atoms with Crippen molar-refractivity contribution in [2.75, 3.05) is 32.4 Å². The first-order valence-corrected chi connectivity index (χ1v) is 6.43. The fourth-order valence-corrected chi connectivity index (χ4v) is 2.29. The molecule has 0 aromatic carbocycles. The van der Waals surface area contributed by atoms with Crippen LogP contribution in [0.2, 0.25) is 0 Å². The number of hydrogen-bond acceptors (Lipinski definition) is 4. The van der Waals surface area contributed by atoms with Crippen LogP contribution in [0.3, 0.4) is 0 Å². The molecule has 1 fully saturated rings. The average molecular weight is 251 g/mol. The molecule has 2 rings (SSSR count). The Labute approximate surface area is 107 Å². The molecular formula is C12H21N5O. The summed E-state index contributed by atoms with van der Waals surface area (Å²) < 4.78 is 0. The van der Waals surface area contributed by atoms with Crippen LogP contribution < -0.4 is 11.1 Å². The molecule has 0 radical (unpaired) electrons. The van der Waals surface area contributed by atoms with Crippen molar-refractivity contribution in [1.29, 1.82) is 0 Å². The van der Waals surface area contributed by atoms with E-state index in [1.807, 2.05) is 0 Å². The van der Waals surface area contributed by atoms with Crippen LogP contribution in [0, 0.1) is 5.92 Å². The van der Waals surface area contributed by atoms with E-state index in [2.05, 4.69) is 27.5 Å². The van der Waals surface area contributed by atoms with Crippen molar-refractivity contribution in [1.82, 2.24) is 20.4 Å². The highest BCUT2D eigenvalue weighted by molar-refractivity contribution is 5.92. The Hall–Kier alpha value is -1.56. The van der Waals surface area contributed by atoms with Crippen molar-refractivity contribution in [3.63, 3.8) is 0 Å². The highest BCUT2D eigenvalue weighted by atomic mass is 16.1. The summed E-state index contributed by atoms with van der Waals surface area (Å²) in [6.07, 6.45) is 3.50. The van der Waals surface area contributed by atoms with Gasteiger partial charge in [-0.15, -0.1) is 0 Å². The van der Waals surface area contributed by atoms with Crippen molar-refractivity contribution in [2.45, 2.75) is 19.3 Å². The number of likely N-dealkylation sites (tertiary alicyclic amines) is 1. The molecule has 1 aromatic rings. The predicted molar refractivity (Wildman–Crippen MR) is 70.2 cm³/mol. The number of hydrogen-bond donors (Lipinski definition) is 3. The number of rotatable bonds is 4. The smallest absolute Gasteiger partial charge is 0.269 e. The summed E-state index contributed by atoms with van der Waals surface area (Å²) in [5.41, 5.74) is 5.87. The molecule has 18 heavy (non-hydrogen) atoms. The minimum atomic E-state index is -0.132. The molecule has 1 aliphatic heterocycles. The summed E-state index contributed by atoms with van der Waals surface area (Å²) in [6, 6.07) is 1.55. The molecule has 0 aliphatic carbocycles. The van der Waals surface area contributed by atoms with Gasteiger partial charge < -0.3 is 16.0 Å². The lowest BCUT2D eigenvalue weighted by molar-refractivity contribution is 0.0944. The van der Waals surface area contributed by atoms with Gasteiger partial charge in [-0.2, -0.15) is 5.10 Å². The highest BCUT2D eigenvalue weighted by Gasteiger charge is 2.16. The summed E-state index contributed by atoms with van der Waals surface area (Å²) in [6.45, 7) is 3.04. The number of nitrogens with one attached hydrogen (secondary N) is 2. The van der Waals surface area contributed by atoms with Crippen molar-refractivity contribution < 1.29 is 4.79 Å². The maximum absolute atomic E-state index is 11.7. The minimum Gasteiger partial charge on any atom is -0.382 e. The van der Waals surface area contributed by atoms with E-state index in [1.165, 1.54) is 12.8 Å². The zero-order valence-corrected chi connectivity index (χ0v) is 10.8. The standard InChI is InChI=1S/C12H21N5O/c1-17-6-3-9(4-7-17)2-5-14-12(18)10-8-11(13)16-15-10/h8-9H,2-7H2,1H3,(H,14,18)(H3,13,15,16). The minimum absolute atomic E-state index is 0.132. The predicted octanol–water partition coefficient (Wildman–Crippen LogP) is 0.454. The summed E-state index contributed by atoms with van der Waals surface area (Å²) in [5.74, 6) is 0.941. The molecule has 0 bridgehead atoms. The zero-order valence-electron chi connectivity index (χ0n) is 10.8. The first kappa shape index (κ1) is 12.9. The Kier molecular flexibility index (Phi) is 4.19. The Bertz CT molecular complexity index is 395. The molecule has 6 nitrogen and oxygen atoms in total. The molecule has 1 amide bonds.